The van der Waals surface area contributed by atoms with E-state index < -0.39 is 6.04 Å². The van der Waals surface area contributed by atoms with Gasteiger partial charge in [-0.25, -0.2) is 9.67 Å². The van der Waals surface area contributed by atoms with E-state index in [1.165, 1.54) is 17.3 Å². The molecule has 0 spiro atoms. The third-order valence-corrected chi connectivity index (χ3v) is 2.89. The predicted molar refractivity (Wildman–Crippen MR) is 69.6 cm³/mol. The second-order valence-electron chi connectivity index (χ2n) is 4.00. The monoisotopic (exact) mass is 264 g/mol. The van der Waals surface area contributed by atoms with Crippen LogP contribution in [0, 0.1) is 6.92 Å². The number of hydrogen-bond acceptors (Lipinski definition) is 3. The Balaban J connectivity index is 2.12. The second-order valence-corrected chi connectivity index (χ2v) is 4.44. The summed E-state index contributed by atoms with van der Waals surface area (Å²) in [5.74, 6) is -0.147. The Labute approximate surface area is 110 Å². The highest BCUT2D eigenvalue weighted by atomic mass is 35.5. The van der Waals surface area contributed by atoms with Crippen LogP contribution in [0.25, 0.3) is 0 Å². The van der Waals surface area contributed by atoms with E-state index in [0.29, 0.717) is 5.02 Å². The van der Waals surface area contributed by atoms with Crippen LogP contribution >= 0.6 is 11.6 Å². The van der Waals surface area contributed by atoms with Crippen LogP contribution in [0.1, 0.15) is 18.5 Å². The van der Waals surface area contributed by atoms with Crippen molar-refractivity contribution in [1.82, 2.24) is 14.8 Å². The standard InChI is InChI=1S/C12H13ClN4O/c1-8-5-10(13)3-4-11(8)16-12(18)9(2)17-7-14-6-15-17/h3-7,9H,1-2H3,(H,16,18)/t9-/m1/s1. The largest absolute Gasteiger partial charge is 0.324 e. The Morgan fingerprint density at radius 3 is 2.89 bits per heavy atom. The molecule has 1 amide bonds. The molecule has 1 atom stereocenters. The molecule has 0 saturated carbocycles. The number of rotatable bonds is 3. The number of amides is 1. The van der Waals surface area contributed by atoms with E-state index in [0.717, 1.165) is 11.3 Å². The highest BCUT2D eigenvalue weighted by molar-refractivity contribution is 6.30. The normalized spacial score (nSPS) is 12.2. The molecule has 0 saturated heterocycles. The van der Waals surface area contributed by atoms with Crippen molar-refractivity contribution in [2.45, 2.75) is 19.9 Å². The molecule has 0 aliphatic rings. The minimum atomic E-state index is -0.414. The summed E-state index contributed by atoms with van der Waals surface area (Å²) in [5, 5.41) is 7.43. The summed E-state index contributed by atoms with van der Waals surface area (Å²) in [6.07, 6.45) is 2.91. The predicted octanol–water partition coefficient (Wildman–Crippen LogP) is 2.44. The summed E-state index contributed by atoms with van der Waals surface area (Å²) in [6.45, 7) is 3.65. The number of carbonyl (C=O) groups is 1. The number of aromatic nitrogens is 3. The summed E-state index contributed by atoms with van der Waals surface area (Å²) in [4.78, 5) is 15.8. The van der Waals surface area contributed by atoms with E-state index in [1.54, 1.807) is 25.1 Å². The van der Waals surface area contributed by atoms with Crippen LogP contribution in [0.2, 0.25) is 5.02 Å². The second kappa shape index (κ2) is 5.18. The minimum Gasteiger partial charge on any atom is -0.324 e. The minimum absolute atomic E-state index is 0.147. The van der Waals surface area contributed by atoms with Crippen LogP contribution in [0.15, 0.2) is 30.9 Å². The smallest absolute Gasteiger partial charge is 0.249 e. The number of benzene rings is 1. The van der Waals surface area contributed by atoms with Crippen molar-refractivity contribution in [3.8, 4) is 0 Å². The third-order valence-electron chi connectivity index (χ3n) is 2.66. The van der Waals surface area contributed by atoms with Crippen LogP contribution in [0.5, 0.6) is 0 Å². The zero-order valence-electron chi connectivity index (χ0n) is 10.1. The number of nitrogens with zero attached hydrogens (tertiary/aromatic N) is 3. The SMILES string of the molecule is Cc1cc(Cl)ccc1NC(=O)[C@@H](C)n1cncn1. The lowest BCUT2D eigenvalue weighted by Gasteiger charge is -2.13. The number of carbonyl (C=O) groups excluding carboxylic acids is 1. The van der Waals surface area contributed by atoms with E-state index in [2.05, 4.69) is 15.4 Å². The quantitative estimate of drug-likeness (QED) is 0.926. The van der Waals surface area contributed by atoms with Crippen molar-refractivity contribution in [3.63, 3.8) is 0 Å². The first-order valence-electron chi connectivity index (χ1n) is 5.49. The number of halogens is 1. The van der Waals surface area contributed by atoms with Crippen LogP contribution < -0.4 is 5.32 Å². The van der Waals surface area contributed by atoms with Gasteiger partial charge >= 0.3 is 0 Å². The summed E-state index contributed by atoms with van der Waals surface area (Å²) in [7, 11) is 0. The van der Waals surface area contributed by atoms with E-state index >= 15 is 0 Å². The Morgan fingerprint density at radius 2 is 2.28 bits per heavy atom. The molecular formula is C12H13ClN4O. The van der Waals surface area contributed by atoms with Crippen molar-refractivity contribution in [2.75, 3.05) is 5.32 Å². The van der Waals surface area contributed by atoms with Crippen molar-refractivity contribution in [3.05, 3.63) is 41.4 Å². The highest BCUT2D eigenvalue weighted by Gasteiger charge is 2.16. The van der Waals surface area contributed by atoms with Gasteiger partial charge in [0.05, 0.1) is 0 Å². The van der Waals surface area contributed by atoms with E-state index in [9.17, 15) is 4.79 Å². The molecule has 2 aromatic rings. The van der Waals surface area contributed by atoms with Crippen molar-refractivity contribution in [1.29, 1.82) is 0 Å². The topological polar surface area (TPSA) is 59.8 Å². The van der Waals surface area contributed by atoms with Crippen LogP contribution in [-0.2, 0) is 4.79 Å². The van der Waals surface area contributed by atoms with Gasteiger partial charge < -0.3 is 5.32 Å². The number of nitrogens with one attached hydrogen (secondary N) is 1. The van der Waals surface area contributed by atoms with Gasteiger partial charge in [-0.1, -0.05) is 11.6 Å². The average Bonchev–Trinajstić information content (AvgIpc) is 2.85. The summed E-state index contributed by atoms with van der Waals surface area (Å²) >= 11 is 5.86. The van der Waals surface area contributed by atoms with Gasteiger partial charge in [0.15, 0.2) is 0 Å². The summed E-state index contributed by atoms with van der Waals surface area (Å²) < 4.78 is 1.50. The van der Waals surface area contributed by atoms with Gasteiger partial charge in [-0.15, -0.1) is 0 Å². The van der Waals surface area contributed by atoms with Crippen LogP contribution in [0.3, 0.4) is 0 Å². The third kappa shape index (κ3) is 2.68. The van der Waals surface area contributed by atoms with Gasteiger partial charge in [0.25, 0.3) is 0 Å². The van der Waals surface area contributed by atoms with Crippen LogP contribution in [-0.4, -0.2) is 20.7 Å². The maximum Gasteiger partial charge on any atom is 0.249 e. The first-order valence-corrected chi connectivity index (χ1v) is 5.87. The maximum atomic E-state index is 12.0. The van der Waals surface area contributed by atoms with E-state index in [1.807, 2.05) is 6.92 Å². The fraction of sp³-hybridized carbons (Fsp3) is 0.250. The molecule has 1 aromatic carbocycles. The zero-order chi connectivity index (χ0) is 13.1. The maximum absolute atomic E-state index is 12.0. The molecule has 94 valence electrons. The Hall–Kier alpha value is -1.88. The van der Waals surface area contributed by atoms with Gasteiger partial charge in [0.2, 0.25) is 5.91 Å². The van der Waals surface area contributed by atoms with E-state index in [-0.39, 0.29) is 5.91 Å². The molecule has 0 fully saturated rings. The molecular weight excluding hydrogens is 252 g/mol. The van der Waals surface area contributed by atoms with Gasteiger partial charge in [-0.3, -0.25) is 4.79 Å². The zero-order valence-corrected chi connectivity index (χ0v) is 10.8. The van der Waals surface area contributed by atoms with Crippen molar-refractivity contribution >= 4 is 23.2 Å². The summed E-state index contributed by atoms with van der Waals surface area (Å²) in [6, 6.07) is 4.91. The molecule has 0 bridgehead atoms. The molecule has 0 unspecified atom stereocenters. The van der Waals surface area contributed by atoms with Gasteiger partial charge in [-0.2, -0.15) is 5.10 Å². The molecule has 1 aromatic heterocycles. The lowest BCUT2D eigenvalue weighted by molar-refractivity contribution is -0.119. The molecule has 5 nitrogen and oxygen atoms in total. The van der Waals surface area contributed by atoms with Gasteiger partial charge in [-0.05, 0) is 37.6 Å². The molecule has 0 aliphatic heterocycles. The lowest BCUT2D eigenvalue weighted by atomic mass is 10.2. The number of anilines is 1. The molecule has 0 radical (unpaired) electrons. The average molecular weight is 265 g/mol. The van der Waals surface area contributed by atoms with E-state index in [4.69, 9.17) is 11.6 Å². The fourth-order valence-corrected chi connectivity index (χ4v) is 1.77. The van der Waals surface area contributed by atoms with Gasteiger partial charge in [0.1, 0.15) is 18.7 Å². The number of hydrogen-bond donors (Lipinski definition) is 1. The number of aryl methyl sites for hydroxylation is 1. The molecule has 1 N–H and O–H groups in total. The van der Waals surface area contributed by atoms with Crippen molar-refractivity contribution < 1.29 is 4.79 Å². The Kier molecular flexibility index (Phi) is 3.62. The Morgan fingerprint density at radius 1 is 1.50 bits per heavy atom. The Bertz CT molecular complexity index is 553. The lowest BCUT2D eigenvalue weighted by Crippen LogP contribution is -2.24. The van der Waals surface area contributed by atoms with Gasteiger partial charge in [0, 0.05) is 10.7 Å². The molecule has 6 heteroatoms. The highest BCUT2D eigenvalue weighted by Crippen LogP contribution is 2.20. The summed E-state index contributed by atoms with van der Waals surface area (Å²) in [5.41, 5.74) is 1.66. The molecule has 2 rings (SSSR count). The molecule has 0 aliphatic carbocycles. The first-order chi connectivity index (χ1) is 8.58. The van der Waals surface area contributed by atoms with Crippen LogP contribution in [0.4, 0.5) is 5.69 Å². The molecule has 1 heterocycles. The first kappa shape index (κ1) is 12.6. The fourth-order valence-electron chi connectivity index (χ4n) is 1.54. The molecule has 18 heavy (non-hydrogen) atoms. The van der Waals surface area contributed by atoms with Crippen molar-refractivity contribution in [2.24, 2.45) is 0 Å².